The zero-order valence-electron chi connectivity index (χ0n) is 22.5. The predicted molar refractivity (Wildman–Crippen MR) is 139 cm³/mol. The Hall–Kier alpha value is -3.41. The number of unbranched alkanes of at least 4 members (excludes halogenated alkanes) is 1. The lowest BCUT2D eigenvalue weighted by molar-refractivity contribution is -0.157. The summed E-state index contributed by atoms with van der Waals surface area (Å²) in [5.41, 5.74) is 1.13. The Morgan fingerprint density at radius 2 is 1.78 bits per heavy atom. The summed E-state index contributed by atoms with van der Waals surface area (Å²) in [6.07, 6.45) is 2.35. The number of esters is 1. The molecule has 9 nitrogen and oxygen atoms in total. The topological polar surface area (TPSA) is 137 Å². The van der Waals surface area contributed by atoms with Crippen molar-refractivity contribution in [2.24, 2.45) is 11.8 Å². The lowest BCUT2D eigenvalue weighted by atomic mass is 9.94. The van der Waals surface area contributed by atoms with Crippen LogP contribution < -0.4 is 16.0 Å². The van der Waals surface area contributed by atoms with Crippen LogP contribution >= 0.6 is 0 Å². The molecule has 0 bridgehead atoms. The Kier molecular flexibility index (Phi) is 11.6. The predicted octanol–water partition coefficient (Wildman–Crippen LogP) is 2.76. The molecule has 3 amide bonds. The van der Waals surface area contributed by atoms with Gasteiger partial charge in [-0.05, 0) is 49.3 Å². The fourth-order valence-corrected chi connectivity index (χ4v) is 4.31. The third-order valence-electron chi connectivity index (χ3n) is 6.51. The molecule has 1 aromatic rings. The number of carbonyl (C=O) groups excluding carboxylic acids is 4. The molecule has 0 spiro atoms. The molecule has 9 heteroatoms. The summed E-state index contributed by atoms with van der Waals surface area (Å²) in [4.78, 5) is 52.4. The summed E-state index contributed by atoms with van der Waals surface area (Å²) in [5.74, 6) is -2.03. The Balaban J connectivity index is 2.38. The van der Waals surface area contributed by atoms with Gasteiger partial charge in [0.2, 0.25) is 17.7 Å². The van der Waals surface area contributed by atoms with Gasteiger partial charge in [0, 0.05) is 6.42 Å². The highest BCUT2D eigenvalue weighted by atomic mass is 16.5. The van der Waals surface area contributed by atoms with E-state index in [1.165, 1.54) is 6.92 Å². The van der Waals surface area contributed by atoms with Crippen molar-refractivity contribution in [2.45, 2.75) is 97.4 Å². The molecule has 1 aliphatic heterocycles. The second kappa shape index (κ2) is 14.4. The van der Waals surface area contributed by atoms with Gasteiger partial charge in [0.05, 0.1) is 18.1 Å². The van der Waals surface area contributed by atoms with Gasteiger partial charge >= 0.3 is 5.97 Å². The maximum atomic E-state index is 13.2. The molecule has 0 radical (unpaired) electrons. The Morgan fingerprint density at radius 1 is 1.05 bits per heavy atom. The smallest absolute Gasteiger partial charge is 0.328 e. The molecule has 3 N–H and O–H groups in total. The molecule has 0 saturated carbocycles. The maximum Gasteiger partial charge on any atom is 0.328 e. The van der Waals surface area contributed by atoms with Crippen molar-refractivity contribution in [3.05, 3.63) is 35.4 Å². The van der Waals surface area contributed by atoms with Crippen LogP contribution in [-0.4, -0.2) is 47.9 Å². The van der Waals surface area contributed by atoms with E-state index in [2.05, 4.69) is 28.9 Å². The monoisotopic (exact) mass is 512 g/mol. The number of cyclic esters (lactones) is 1. The molecule has 1 saturated heterocycles. The molecule has 0 unspecified atom stereocenters. The summed E-state index contributed by atoms with van der Waals surface area (Å²) in [5, 5.41) is 17.4. The van der Waals surface area contributed by atoms with Crippen LogP contribution in [0.3, 0.4) is 0 Å². The average molecular weight is 513 g/mol. The molecule has 1 heterocycles. The number of benzene rings is 1. The number of carbonyl (C=O) groups is 4. The Morgan fingerprint density at radius 3 is 2.43 bits per heavy atom. The lowest BCUT2D eigenvalue weighted by Crippen LogP contribution is -2.55. The van der Waals surface area contributed by atoms with Crippen LogP contribution in [0, 0.1) is 23.2 Å². The summed E-state index contributed by atoms with van der Waals surface area (Å²) in [7, 11) is 0. The number of nitrogens with zero attached hydrogens (tertiary/aromatic N) is 1. The molecule has 202 valence electrons. The molecule has 37 heavy (non-hydrogen) atoms. The fourth-order valence-electron chi connectivity index (χ4n) is 4.31. The highest BCUT2D eigenvalue weighted by Gasteiger charge is 2.33. The third-order valence-corrected chi connectivity index (χ3v) is 6.51. The van der Waals surface area contributed by atoms with Gasteiger partial charge < -0.3 is 20.7 Å². The molecule has 1 fully saturated rings. The molecule has 0 aliphatic carbocycles. The van der Waals surface area contributed by atoms with Crippen molar-refractivity contribution in [1.29, 1.82) is 5.26 Å². The molecule has 5 atom stereocenters. The van der Waals surface area contributed by atoms with E-state index in [9.17, 15) is 24.4 Å². The number of nitrogens with one attached hydrogen (secondary N) is 3. The molecular weight excluding hydrogens is 472 g/mol. The minimum absolute atomic E-state index is 0.0892. The number of ether oxygens (including phenoxy) is 1. The van der Waals surface area contributed by atoms with Crippen molar-refractivity contribution in [1.82, 2.24) is 16.0 Å². The van der Waals surface area contributed by atoms with E-state index < -0.39 is 47.9 Å². The highest BCUT2D eigenvalue weighted by molar-refractivity contribution is 5.94. The van der Waals surface area contributed by atoms with Crippen molar-refractivity contribution >= 4 is 23.7 Å². The first-order chi connectivity index (χ1) is 17.5. The second-order valence-electron chi connectivity index (χ2n) is 10.4. The standard InChI is InChI=1S/C28H40N4O5/c1-6-7-9-18(4)24-15-25(33)31-22(14-20-10-8-11-21(13-20)16-29)27(35)30-19(5)26(34)32-23(12-17(2)3)28(36)37-24/h8,10-11,13,17-19,22-24H,6-7,9,12,14-15H2,1-5H3,(H,30,35)(H,31,33)(H,32,34)/t18-,19-,22-,23+,24-/m0/s1. The average Bonchev–Trinajstić information content (AvgIpc) is 2.85. The second-order valence-corrected chi connectivity index (χ2v) is 10.4. The molecular formula is C28H40N4O5. The van der Waals surface area contributed by atoms with E-state index in [1.54, 1.807) is 24.3 Å². The molecule has 2 rings (SSSR count). The van der Waals surface area contributed by atoms with Crippen LogP contribution in [0.25, 0.3) is 0 Å². The quantitative estimate of drug-likeness (QED) is 0.458. The number of hydrogen-bond donors (Lipinski definition) is 3. The van der Waals surface area contributed by atoms with Crippen LogP contribution in [0.2, 0.25) is 0 Å². The SMILES string of the molecule is CCCC[C@H](C)[C@@H]1CC(=O)N[C@@H](Cc2cccc(C#N)c2)C(=O)N[C@@H](C)C(=O)N[C@H](CC(C)C)C(=O)O1. The van der Waals surface area contributed by atoms with Crippen LogP contribution in [-0.2, 0) is 30.3 Å². The van der Waals surface area contributed by atoms with Crippen molar-refractivity contribution in [2.75, 3.05) is 0 Å². The van der Waals surface area contributed by atoms with Gasteiger partial charge in [-0.3, -0.25) is 14.4 Å². The fraction of sp³-hybridized carbons (Fsp3) is 0.607. The van der Waals surface area contributed by atoms with Gasteiger partial charge in [-0.1, -0.05) is 52.7 Å². The van der Waals surface area contributed by atoms with Gasteiger partial charge in [-0.2, -0.15) is 5.26 Å². The lowest BCUT2D eigenvalue weighted by Gasteiger charge is -2.27. The van der Waals surface area contributed by atoms with Crippen molar-refractivity contribution in [3.63, 3.8) is 0 Å². The van der Waals surface area contributed by atoms with Gasteiger partial charge in [0.25, 0.3) is 0 Å². The Bertz CT molecular complexity index is 1000. The minimum atomic E-state index is -0.980. The van der Waals surface area contributed by atoms with E-state index in [1.807, 2.05) is 20.8 Å². The summed E-state index contributed by atoms with van der Waals surface area (Å²) >= 11 is 0. The molecule has 1 aromatic carbocycles. The van der Waals surface area contributed by atoms with E-state index in [-0.39, 0.29) is 24.7 Å². The molecule has 0 aromatic heterocycles. The van der Waals surface area contributed by atoms with Crippen LogP contribution in [0.1, 0.15) is 77.8 Å². The van der Waals surface area contributed by atoms with Crippen LogP contribution in [0.5, 0.6) is 0 Å². The largest absolute Gasteiger partial charge is 0.460 e. The zero-order chi connectivity index (χ0) is 27.5. The van der Waals surface area contributed by atoms with Crippen molar-refractivity contribution < 1.29 is 23.9 Å². The number of hydrogen-bond acceptors (Lipinski definition) is 6. The Labute approximate surface area is 219 Å². The zero-order valence-corrected chi connectivity index (χ0v) is 22.5. The third kappa shape index (κ3) is 9.52. The first-order valence-electron chi connectivity index (χ1n) is 13.1. The summed E-state index contributed by atoms with van der Waals surface area (Å²) in [6.45, 7) is 9.40. The number of amides is 3. The van der Waals surface area contributed by atoms with E-state index in [4.69, 9.17) is 4.74 Å². The van der Waals surface area contributed by atoms with E-state index >= 15 is 0 Å². The first kappa shape index (κ1) is 29.8. The van der Waals surface area contributed by atoms with Gasteiger partial charge in [-0.25, -0.2) is 4.79 Å². The van der Waals surface area contributed by atoms with E-state index in [0.29, 0.717) is 17.5 Å². The number of nitriles is 1. The van der Waals surface area contributed by atoms with Crippen LogP contribution in [0.4, 0.5) is 0 Å². The summed E-state index contributed by atoms with van der Waals surface area (Å²) < 4.78 is 5.85. The van der Waals surface area contributed by atoms with Crippen molar-refractivity contribution in [3.8, 4) is 6.07 Å². The van der Waals surface area contributed by atoms with Gasteiger partial charge in [-0.15, -0.1) is 0 Å². The first-order valence-corrected chi connectivity index (χ1v) is 13.1. The van der Waals surface area contributed by atoms with Crippen LogP contribution in [0.15, 0.2) is 24.3 Å². The molecule has 1 aliphatic rings. The maximum absolute atomic E-state index is 13.2. The highest BCUT2D eigenvalue weighted by Crippen LogP contribution is 2.21. The summed E-state index contributed by atoms with van der Waals surface area (Å²) in [6, 6.07) is 6.05. The number of rotatable bonds is 8. The normalized spacial score (nSPS) is 24.4. The van der Waals surface area contributed by atoms with E-state index in [0.717, 1.165) is 19.3 Å². The van der Waals surface area contributed by atoms with Gasteiger partial charge in [0.1, 0.15) is 24.2 Å². The van der Waals surface area contributed by atoms with Gasteiger partial charge in [0.15, 0.2) is 0 Å². The minimum Gasteiger partial charge on any atom is -0.460 e.